The standard InChI is InChI=1S/C13H13Br2ClN2O/c1-7(2)18-12(11(15)6-17-18)13(19)9-4-3-8(16)5-10(9)14/h3-7,13,19H,1-2H3. The fourth-order valence-corrected chi connectivity index (χ4v) is 3.28. The van der Waals surface area contributed by atoms with Crippen LogP contribution in [0, 0.1) is 0 Å². The molecule has 1 aromatic carbocycles. The summed E-state index contributed by atoms with van der Waals surface area (Å²) >= 11 is 12.8. The number of aliphatic hydroxyl groups is 1. The summed E-state index contributed by atoms with van der Waals surface area (Å²) in [5.74, 6) is 0. The molecule has 0 radical (unpaired) electrons. The quantitative estimate of drug-likeness (QED) is 0.798. The van der Waals surface area contributed by atoms with Crippen LogP contribution in [0.1, 0.15) is 37.3 Å². The van der Waals surface area contributed by atoms with E-state index in [0.29, 0.717) is 5.02 Å². The molecule has 2 rings (SSSR count). The lowest BCUT2D eigenvalue weighted by Gasteiger charge is -2.18. The topological polar surface area (TPSA) is 38.0 Å². The molecule has 1 unspecified atom stereocenters. The number of benzene rings is 1. The Morgan fingerprint density at radius 1 is 1.26 bits per heavy atom. The summed E-state index contributed by atoms with van der Waals surface area (Å²) in [6, 6.07) is 5.50. The highest BCUT2D eigenvalue weighted by Gasteiger charge is 2.22. The summed E-state index contributed by atoms with van der Waals surface area (Å²) in [6.07, 6.45) is 0.925. The van der Waals surface area contributed by atoms with Gasteiger partial charge in [-0.3, -0.25) is 4.68 Å². The molecule has 0 spiro atoms. The fraction of sp³-hybridized carbons (Fsp3) is 0.308. The van der Waals surface area contributed by atoms with E-state index < -0.39 is 6.10 Å². The molecule has 1 atom stereocenters. The van der Waals surface area contributed by atoms with E-state index >= 15 is 0 Å². The van der Waals surface area contributed by atoms with Crippen molar-refractivity contribution in [1.82, 2.24) is 9.78 Å². The first-order valence-electron chi connectivity index (χ1n) is 5.77. The van der Waals surface area contributed by atoms with Gasteiger partial charge in [0.1, 0.15) is 6.10 Å². The summed E-state index contributed by atoms with van der Waals surface area (Å²) in [7, 11) is 0. The van der Waals surface area contributed by atoms with E-state index in [9.17, 15) is 5.11 Å². The molecule has 0 saturated carbocycles. The molecular weight excluding hydrogens is 395 g/mol. The van der Waals surface area contributed by atoms with Crippen LogP contribution in [0.15, 0.2) is 33.3 Å². The number of rotatable bonds is 3. The van der Waals surface area contributed by atoms with Gasteiger partial charge in [-0.1, -0.05) is 33.6 Å². The summed E-state index contributed by atoms with van der Waals surface area (Å²) in [4.78, 5) is 0. The fourth-order valence-electron chi connectivity index (χ4n) is 1.89. The Hall–Kier alpha value is -0.360. The largest absolute Gasteiger partial charge is 0.382 e. The minimum absolute atomic E-state index is 0.169. The van der Waals surface area contributed by atoms with Crippen LogP contribution in [-0.4, -0.2) is 14.9 Å². The zero-order valence-corrected chi connectivity index (χ0v) is 14.4. The van der Waals surface area contributed by atoms with E-state index in [1.807, 2.05) is 13.8 Å². The molecule has 0 saturated heterocycles. The summed E-state index contributed by atoms with van der Waals surface area (Å²) in [5.41, 5.74) is 1.49. The number of halogens is 3. The average molecular weight is 409 g/mol. The van der Waals surface area contributed by atoms with Crippen LogP contribution in [0.4, 0.5) is 0 Å². The number of aliphatic hydroxyl groups excluding tert-OH is 1. The van der Waals surface area contributed by atoms with Crippen molar-refractivity contribution in [3.8, 4) is 0 Å². The summed E-state index contributed by atoms with van der Waals surface area (Å²) in [6.45, 7) is 4.04. The molecule has 102 valence electrons. The van der Waals surface area contributed by atoms with Crippen LogP contribution in [0.25, 0.3) is 0 Å². The molecule has 1 aromatic heterocycles. The Bertz CT molecular complexity index is 598. The Balaban J connectivity index is 2.49. The number of aromatic nitrogens is 2. The van der Waals surface area contributed by atoms with Crippen LogP contribution >= 0.6 is 43.5 Å². The van der Waals surface area contributed by atoms with Gasteiger partial charge in [-0.25, -0.2) is 0 Å². The van der Waals surface area contributed by atoms with Gasteiger partial charge in [0.25, 0.3) is 0 Å². The van der Waals surface area contributed by atoms with Crippen LogP contribution in [0.3, 0.4) is 0 Å². The van der Waals surface area contributed by atoms with Crippen LogP contribution in [0.5, 0.6) is 0 Å². The molecule has 0 aliphatic rings. The third-order valence-electron chi connectivity index (χ3n) is 2.79. The van der Waals surface area contributed by atoms with Crippen molar-refractivity contribution in [2.45, 2.75) is 26.0 Å². The lowest BCUT2D eigenvalue weighted by atomic mass is 10.1. The van der Waals surface area contributed by atoms with Gasteiger partial charge in [0.05, 0.1) is 16.4 Å². The molecule has 19 heavy (non-hydrogen) atoms. The van der Waals surface area contributed by atoms with E-state index in [4.69, 9.17) is 11.6 Å². The van der Waals surface area contributed by atoms with Crippen molar-refractivity contribution in [3.05, 3.63) is 49.6 Å². The molecule has 0 amide bonds. The molecule has 1 heterocycles. The number of hydrogen-bond acceptors (Lipinski definition) is 2. The molecule has 6 heteroatoms. The van der Waals surface area contributed by atoms with Crippen LogP contribution in [0.2, 0.25) is 5.02 Å². The van der Waals surface area contributed by atoms with Gasteiger partial charge in [-0.15, -0.1) is 0 Å². The van der Waals surface area contributed by atoms with Crippen molar-refractivity contribution in [3.63, 3.8) is 0 Å². The Labute approximate surface area is 133 Å². The van der Waals surface area contributed by atoms with Crippen LogP contribution < -0.4 is 0 Å². The third-order valence-corrected chi connectivity index (χ3v) is 4.33. The highest BCUT2D eigenvalue weighted by atomic mass is 79.9. The van der Waals surface area contributed by atoms with Gasteiger partial charge < -0.3 is 5.11 Å². The van der Waals surface area contributed by atoms with E-state index in [1.165, 1.54) is 0 Å². The van der Waals surface area contributed by atoms with Crippen LogP contribution in [-0.2, 0) is 0 Å². The lowest BCUT2D eigenvalue weighted by molar-refractivity contribution is 0.203. The maximum absolute atomic E-state index is 10.6. The predicted octanol–water partition coefficient (Wildman–Crippen LogP) is 4.72. The molecule has 0 fully saturated rings. The minimum Gasteiger partial charge on any atom is -0.382 e. The Morgan fingerprint density at radius 3 is 2.53 bits per heavy atom. The molecule has 1 N–H and O–H groups in total. The van der Waals surface area contributed by atoms with Gasteiger partial charge in [0.2, 0.25) is 0 Å². The van der Waals surface area contributed by atoms with Gasteiger partial charge in [0.15, 0.2) is 0 Å². The minimum atomic E-state index is -0.772. The predicted molar refractivity (Wildman–Crippen MR) is 83.5 cm³/mol. The van der Waals surface area contributed by atoms with Crippen molar-refractivity contribution in [2.24, 2.45) is 0 Å². The van der Waals surface area contributed by atoms with Crippen molar-refractivity contribution < 1.29 is 5.11 Å². The SMILES string of the molecule is CC(C)n1ncc(Br)c1C(O)c1ccc(Cl)cc1Br. The first-order chi connectivity index (χ1) is 8.91. The second kappa shape index (κ2) is 5.95. The highest BCUT2D eigenvalue weighted by molar-refractivity contribution is 9.10. The normalized spacial score (nSPS) is 13.0. The summed E-state index contributed by atoms with van der Waals surface area (Å²) in [5, 5.41) is 15.5. The van der Waals surface area contributed by atoms with E-state index in [1.54, 1.807) is 29.1 Å². The zero-order valence-electron chi connectivity index (χ0n) is 10.4. The molecule has 2 aromatic rings. The smallest absolute Gasteiger partial charge is 0.123 e. The number of hydrogen-bond donors (Lipinski definition) is 1. The van der Waals surface area contributed by atoms with E-state index in [2.05, 4.69) is 37.0 Å². The Kier molecular flexibility index (Phi) is 4.71. The highest BCUT2D eigenvalue weighted by Crippen LogP contribution is 2.34. The second-order valence-electron chi connectivity index (χ2n) is 4.48. The van der Waals surface area contributed by atoms with E-state index in [-0.39, 0.29) is 6.04 Å². The maximum Gasteiger partial charge on any atom is 0.123 e. The molecular formula is C13H13Br2ClN2O. The monoisotopic (exact) mass is 406 g/mol. The van der Waals surface area contributed by atoms with Crippen molar-refractivity contribution >= 4 is 43.5 Å². The third kappa shape index (κ3) is 3.05. The van der Waals surface area contributed by atoms with Crippen molar-refractivity contribution in [2.75, 3.05) is 0 Å². The first kappa shape index (κ1) is 15.0. The molecule has 0 aliphatic carbocycles. The maximum atomic E-state index is 10.6. The van der Waals surface area contributed by atoms with Gasteiger partial charge in [0, 0.05) is 21.1 Å². The van der Waals surface area contributed by atoms with E-state index in [0.717, 1.165) is 20.2 Å². The molecule has 0 bridgehead atoms. The molecule has 0 aliphatic heterocycles. The lowest BCUT2D eigenvalue weighted by Crippen LogP contribution is -2.13. The first-order valence-corrected chi connectivity index (χ1v) is 7.74. The average Bonchev–Trinajstić information content (AvgIpc) is 2.70. The van der Waals surface area contributed by atoms with Crippen molar-refractivity contribution in [1.29, 1.82) is 0 Å². The second-order valence-corrected chi connectivity index (χ2v) is 6.63. The summed E-state index contributed by atoms with van der Waals surface area (Å²) < 4.78 is 3.36. The molecule has 3 nitrogen and oxygen atoms in total. The number of nitrogens with zero attached hydrogens (tertiary/aromatic N) is 2. The van der Waals surface area contributed by atoms with Gasteiger partial charge in [-0.2, -0.15) is 5.10 Å². The Morgan fingerprint density at radius 2 is 1.95 bits per heavy atom. The zero-order chi connectivity index (χ0) is 14.2. The van der Waals surface area contributed by atoms with Gasteiger partial charge in [-0.05, 0) is 41.9 Å². The van der Waals surface area contributed by atoms with Gasteiger partial charge >= 0.3 is 0 Å².